The SMILES string of the molecule is CC(C)C(N)CC(=O)NC1CN2CCC1CC2. The molecule has 4 heteroatoms. The van der Waals surface area contributed by atoms with Gasteiger partial charge in [-0.1, -0.05) is 13.8 Å². The Hall–Kier alpha value is -0.610. The molecular weight excluding hydrogens is 214 g/mol. The molecule has 17 heavy (non-hydrogen) atoms. The summed E-state index contributed by atoms with van der Waals surface area (Å²) in [5.74, 6) is 1.19. The van der Waals surface area contributed by atoms with E-state index in [0.29, 0.717) is 24.3 Å². The topological polar surface area (TPSA) is 58.4 Å². The van der Waals surface area contributed by atoms with Crippen molar-refractivity contribution < 1.29 is 4.79 Å². The summed E-state index contributed by atoms with van der Waals surface area (Å²) >= 11 is 0. The van der Waals surface area contributed by atoms with Crippen LogP contribution in [-0.2, 0) is 4.79 Å². The van der Waals surface area contributed by atoms with Crippen molar-refractivity contribution in [1.29, 1.82) is 0 Å². The minimum absolute atomic E-state index is 0.0175. The number of nitrogens with two attached hydrogens (primary N) is 1. The number of amides is 1. The number of fused-ring (bicyclic) bond motifs is 3. The van der Waals surface area contributed by atoms with Crippen molar-refractivity contribution in [3.63, 3.8) is 0 Å². The molecule has 0 saturated carbocycles. The molecule has 0 aromatic heterocycles. The summed E-state index contributed by atoms with van der Waals surface area (Å²) in [4.78, 5) is 14.3. The second-order valence-corrected chi connectivity index (χ2v) is 5.92. The minimum Gasteiger partial charge on any atom is -0.352 e. The van der Waals surface area contributed by atoms with Crippen LogP contribution >= 0.6 is 0 Å². The van der Waals surface area contributed by atoms with E-state index in [1.165, 1.54) is 25.9 Å². The molecule has 3 rings (SSSR count). The summed E-state index contributed by atoms with van der Waals surface area (Å²) in [5, 5.41) is 3.18. The quantitative estimate of drug-likeness (QED) is 0.754. The number of piperidine rings is 3. The van der Waals surface area contributed by atoms with Gasteiger partial charge in [0.05, 0.1) is 0 Å². The fraction of sp³-hybridized carbons (Fsp3) is 0.923. The first-order chi connectivity index (χ1) is 8.06. The molecule has 98 valence electrons. The Labute approximate surface area is 104 Å². The van der Waals surface area contributed by atoms with Gasteiger partial charge in [0.2, 0.25) is 5.91 Å². The predicted octanol–water partition coefficient (Wildman–Crippen LogP) is 0.570. The largest absolute Gasteiger partial charge is 0.352 e. The lowest BCUT2D eigenvalue weighted by atomic mass is 9.84. The van der Waals surface area contributed by atoms with Crippen LogP contribution in [-0.4, -0.2) is 42.5 Å². The molecule has 4 nitrogen and oxygen atoms in total. The maximum Gasteiger partial charge on any atom is 0.221 e. The maximum atomic E-state index is 11.9. The molecule has 1 amide bonds. The Morgan fingerprint density at radius 2 is 2.06 bits per heavy atom. The van der Waals surface area contributed by atoms with Crippen molar-refractivity contribution in [1.82, 2.24) is 10.2 Å². The first-order valence-corrected chi connectivity index (χ1v) is 6.83. The van der Waals surface area contributed by atoms with Gasteiger partial charge in [-0.2, -0.15) is 0 Å². The average Bonchev–Trinajstić information content (AvgIpc) is 2.30. The van der Waals surface area contributed by atoms with Crippen molar-refractivity contribution in [2.45, 2.75) is 45.2 Å². The van der Waals surface area contributed by atoms with Crippen LogP contribution in [0.3, 0.4) is 0 Å². The van der Waals surface area contributed by atoms with Crippen LogP contribution in [0, 0.1) is 11.8 Å². The van der Waals surface area contributed by atoms with Crippen molar-refractivity contribution in [3.05, 3.63) is 0 Å². The van der Waals surface area contributed by atoms with Crippen molar-refractivity contribution in [2.75, 3.05) is 19.6 Å². The van der Waals surface area contributed by atoms with E-state index in [1.807, 2.05) is 0 Å². The molecule has 3 aliphatic heterocycles. The smallest absolute Gasteiger partial charge is 0.221 e. The van der Waals surface area contributed by atoms with E-state index < -0.39 is 0 Å². The fourth-order valence-corrected chi connectivity index (χ4v) is 2.84. The number of nitrogens with zero attached hydrogens (tertiary/aromatic N) is 1. The second kappa shape index (κ2) is 5.36. The molecular formula is C13H25N3O. The minimum atomic E-state index is -0.0175. The monoisotopic (exact) mass is 239 g/mol. The Kier molecular flexibility index (Phi) is 4.05. The molecule has 3 saturated heterocycles. The number of nitrogens with one attached hydrogen (secondary N) is 1. The maximum absolute atomic E-state index is 11.9. The average molecular weight is 239 g/mol. The van der Waals surface area contributed by atoms with Crippen LogP contribution in [0.2, 0.25) is 0 Å². The number of hydrogen-bond donors (Lipinski definition) is 2. The van der Waals surface area contributed by atoms with E-state index in [4.69, 9.17) is 5.73 Å². The Balaban J connectivity index is 1.79. The molecule has 0 radical (unpaired) electrons. The van der Waals surface area contributed by atoms with Crippen LogP contribution in [0.15, 0.2) is 0 Å². The predicted molar refractivity (Wildman–Crippen MR) is 68.5 cm³/mol. The molecule has 0 spiro atoms. The first-order valence-electron chi connectivity index (χ1n) is 6.83. The lowest BCUT2D eigenvalue weighted by molar-refractivity contribution is -0.123. The van der Waals surface area contributed by atoms with E-state index in [1.54, 1.807) is 0 Å². The Bertz CT molecular complexity index is 272. The van der Waals surface area contributed by atoms with Gasteiger partial charge >= 0.3 is 0 Å². The zero-order chi connectivity index (χ0) is 12.4. The van der Waals surface area contributed by atoms with Crippen molar-refractivity contribution >= 4 is 5.91 Å². The molecule has 2 unspecified atom stereocenters. The van der Waals surface area contributed by atoms with Crippen LogP contribution in [0.25, 0.3) is 0 Å². The zero-order valence-electron chi connectivity index (χ0n) is 11.0. The molecule has 3 heterocycles. The van der Waals surface area contributed by atoms with Gasteiger partial charge in [-0.05, 0) is 37.8 Å². The number of hydrogen-bond acceptors (Lipinski definition) is 3. The Morgan fingerprint density at radius 1 is 1.41 bits per heavy atom. The third-order valence-corrected chi connectivity index (χ3v) is 4.28. The van der Waals surface area contributed by atoms with Gasteiger partial charge in [-0.3, -0.25) is 4.79 Å². The van der Waals surface area contributed by atoms with Gasteiger partial charge < -0.3 is 16.0 Å². The number of carbonyl (C=O) groups excluding carboxylic acids is 1. The van der Waals surface area contributed by atoms with Gasteiger partial charge in [-0.15, -0.1) is 0 Å². The van der Waals surface area contributed by atoms with E-state index in [-0.39, 0.29) is 11.9 Å². The van der Waals surface area contributed by atoms with Crippen molar-refractivity contribution in [3.8, 4) is 0 Å². The van der Waals surface area contributed by atoms with Crippen LogP contribution in [0.1, 0.15) is 33.1 Å². The lowest BCUT2D eigenvalue weighted by Gasteiger charge is -2.45. The van der Waals surface area contributed by atoms with E-state index in [9.17, 15) is 4.79 Å². The third kappa shape index (κ3) is 3.19. The van der Waals surface area contributed by atoms with Crippen LogP contribution in [0.4, 0.5) is 0 Å². The molecule has 0 aromatic carbocycles. The van der Waals surface area contributed by atoms with Gasteiger partial charge in [0.1, 0.15) is 0 Å². The standard InChI is InChI=1S/C13H25N3O/c1-9(2)11(14)7-13(17)15-12-8-16-5-3-10(12)4-6-16/h9-12H,3-8,14H2,1-2H3,(H,15,17). The van der Waals surface area contributed by atoms with E-state index in [0.717, 1.165) is 6.54 Å². The summed E-state index contributed by atoms with van der Waals surface area (Å²) in [6, 6.07) is 0.348. The zero-order valence-corrected chi connectivity index (χ0v) is 11.0. The highest BCUT2D eigenvalue weighted by Crippen LogP contribution is 2.27. The van der Waals surface area contributed by atoms with Crippen LogP contribution in [0.5, 0.6) is 0 Å². The summed E-state index contributed by atoms with van der Waals surface area (Å²) in [5.41, 5.74) is 5.93. The fourth-order valence-electron chi connectivity index (χ4n) is 2.84. The van der Waals surface area contributed by atoms with Crippen LogP contribution < -0.4 is 11.1 Å². The molecule has 3 N–H and O–H groups in total. The number of rotatable bonds is 4. The second-order valence-electron chi connectivity index (χ2n) is 5.92. The molecule has 0 aromatic rings. The van der Waals surface area contributed by atoms with Gasteiger partial charge in [-0.25, -0.2) is 0 Å². The van der Waals surface area contributed by atoms with Gasteiger partial charge in [0.25, 0.3) is 0 Å². The first kappa shape index (κ1) is 12.8. The van der Waals surface area contributed by atoms with Gasteiger partial charge in [0, 0.05) is 25.0 Å². The molecule has 3 fully saturated rings. The number of carbonyl (C=O) groups is 1. The molecule has 0 aliphatic carbocycles. The summed E-state index contributed by atoms with van der Waals surface area (Å²) in [6.07, 6.45) is 2.93. The lowest BCUT2D eigenvalue weighted by Crippen LogP contribution is -2.57. The summed E-state index contributed by atoms with van der Waals surface area (Å²) in [6.45, 7) is 7.58. The normalized spacial score (nSPS) is 33.8. The highest BCUT2D eigenvalue weighted by atomic mass is 16.1. The molecule has 3 aliphatic rings. The highest BCUT2D eigenvalue weighted by Gasteiger charge is 2.34. The third-order valence-electron chi connectivity index (χ3n) is 4.28. The van der Waals surface area contributed by atoms with Crippen molar-refractivity contribution in [2.24, 2.45) is 17.6 Å². The molecule has 2 atom stereocenters. The molecule has 2 bridgehead atoms. The van der Waals surface area contributed by atoms with E-state index in [2.05, 4.69) is 24.1 Å². The van der Waals surface area contributed by atoms with E-state index >= 15 is 0 Å². The Morgan fingerprint density at radius 3 is 2.53 bits per heavy atom. The summed E-state index contributed by atoms with van der Waals surface area (Å²) < 4.78 is 0. The highest BCUT2D eigenvalue weighted by molar-refractivity contribution is 5.77. The van der Waals surface area contributed by atoms with Gasteiger partial charge in [0.15, 0.2) is 0 Å². The summed E-state index contributed by atoms with van der Waals surface area (Å²) in [7, 11) is 0.